The van der Waals surface area contributed by atoms with Gasteiger partial charge in [0.1, 0.15) is 5.75 Å². The van der Waals surface area contributed by atoms with E-state index in [-0.39, 0.29) is 12.5 Å². The summed E-state index contributed by atoms with van der Waals surface area (Å²) in [7, 11) is 0. The molecule has 0 bridgehead atoms. The molecule has 1 amide bonds. The first-order valence-corrected chi connectivity index (χ1v) is 5.35. The molecule has 0 saturated heterocycles. The Labute approximate surface area is 89.4 Å². The third kappa shape index (κ3) is 2.29. The Morgan fingerprint density at radius 3 is 3.13 bits per heavy atom. The van der Waals surface area contributed by atoms with E-state index in [0.717, 1.165) is 17.9 Å². The molecular weight excluding hydrogens is 190 g/mol. The number of nitrogens with one attached hydrogen (secondary N) is 1. The Bertz CT molecular complexity index is 374. The molecule has 0 unspecified atom stereocenters. The fourth-order valence-corrected chi connectivity index (χ4v) is 1.67. The van der Waals surface area contributed by atoms with Gasteiger partial charge in [0.05, 0.1) is 5.69 Å². The molecule has 0 spiro atoms. The molecule has 1 aliphatic rings. The standard InChI is InChI=1S/C12H15NO2/c1-2-3-4-9-5-6-11-10(7-9)13-12(14)8-15-11/h5-7H,2-4,8H2,1H3,(H,13,14). The smallest absolute Gasteiger partial charge is 0.262 e. The Hall–Kier alpha value is -1.51. The lowest BCUT2D eigenvalue weighted by Gasteiger charge is -2.18. The minimum absolute atomic E-state index is 0.0739. The van der Waals surface area contributed by atoms with Gasteiger partial charge < -0.3 is 10.1 Å². The summed E-state index contributed by atoms with van der Waals surface area (Å²) in [5.74, 6) is 0.699. The van der Waals surface area contributed by atoms with Gasteiger partial charge in [0.15, 0.2) is 6.61 Å². The Kier molecular flexibility index (Phi) is 2.90. The molecule has 0 radical (unpaired) electrons. The van der Waals surface area contributed by atoms with Crippen molar-refractivity contribution in [1.29, 1.82) is 0 Å². The van der Waals surface area contributed by atoms with Crippen molar-refractivity contribution in [2.45, 2.75) is 26.2 Å². The van der Waals surface area contributed by atoms with Crippen LogP contribution in [0.25, 0.3) is 0 Å². The maximum absolute atomic E-state index is 11.1. The second-order valence-electron chi connectivity index (χ2n) is 3.77. The first kappa shape index (κ1) is 10.0. The van der Waals surface area contributed by atoms with Crippen LogP contribution in [0, 0.1) is 0 Å². The summed E-state index contributed by atoms with van der Waals surface area (Å²) < 4.78 is 5.28. The van der Waals surface area contributed by atoms with Crippen molar-refractivity contribution in [1.82, 2.24) is 0 Å². The van der Waals surface area contributed by atoms with E-state index in [9.17, 15) is 4.79 Å². The SMILES string of the molecule is CCCCc1ccc2c(c1)NC(=O)CO2. The number of unbranched alkanes of at least 4 members (excludes halogenated alkanes) is 1. The molecule has 0 aliphatic carbocycles. The van der Waals surface area contributed by atoms with Gasteiger partial charge in [0, 0.05) is 0 Å². The van der Waals surface area contributed by atoms with Crippen LogP contribution in [0.2, 0.25) is 0 Å². The normalized spacial score (nSPS) is 14.1. The van der Waals surface area contributed by atoms with Gasteiger partial charge in [-0.25, -0.2) is 0 Å². The summed E-state index contributed by atoms with van der Waals surface area (Å²) in [5, 5.41) is 2.81. The fraction of sp³-hybridized carbons (Fsp3) is 0.417. The fourth-order valence-electron chi connectivity index (χ4n) is 1.67. The van der Waals surface area contributed by atoms with Gasteiger partial charge in [-0.15, -0.1) is 0 Å². The zero-order chi connectivity index (χ0) is 10.7. The molecule has 3 heteroatoms. The highest BCUT2D eigenvalue weighted by atomic mass is 16.5. The first-order valence-electron chi connectivity index (χ1n) is 5.35. The van der Waals surface area contributed by atoms with E-state index in [4.69, 9.17) is 4.74 Å². The molecule has 1 aromatic rings. The number of fused-ring (bicyclic) bond motifs is 1. The van der Waals surface area contributed by atoms with Crippen molar-refractivity contribution in [3.63, 3.8) is 0 Å². The van der Waals surface area contributed by atoms with Crippen molar-refractivity contribution in [3.8, 4) is 5.75 Å². The van der Waals surface area contributed by atoms with E-state index < -0.39 is 0 Å². The van der Waals surface area contributed by atoms with Crippen molar-refractivity contribution in [3.05, 3.63) is 23.8 Å². The summed E-state index contributed by atoms with van der Waals surface area (Å²) in [6, 6.07) is 5.99. The predicted molar refractivity (Wildman–Crippen MR) is 59.2 cm³/mol. The van der Waals surface area contributed by atoms with E-state index in [2.05, 4.69) is 18.3 Å². The summed E-state index contributed by atoms with van der Waals surface area (Å²) in [4.78, 5) is 11.1. The monoisotopic (exact) mass is 205 g/mol. The number of amides is 1. The van der Waals surface area contributed by atoms with Crippen LogP contribution in [0.3, 0.4) is 0 Å². The van der Waals surface area contributed by atoms with Crippen LogP contribution in [0.1, 0.15) is 25.3 Å². The Balaban J connectivity index is 2.17. The number of benzene rings is 1. The zero-order valence-electron chi connectivity index (χ0n) is 8.88. The molecule has 15 heavy (non-hydrogen) atoms. The lowest BCUT2D eigenvalue weighted by molar-refractivity contribution is -0.118. The summed E-state index contributed by atoms with van der Waals surface area (Å²) >= 11 is 0. The number of hydrogen-bond acceptors (Lipinski definition) is 2. The van der Waals surface area contributed by atoms with Crippen LogP contribution < -0.4 is 10.1 Å². The van der Waals surface area contributed by atoms with Gasteiger partial charge in [-0.2, -0.15) is 0 Å². The van der Waals surface area contributed by atoms with Crippen LogP contribution >= 0.6 is 0 Å². The molecule has 1 aliphatic heterocycles. The maximum atomic E-state index is 11.1. The highest BCUT2D eigenvalue weighted by molar-refractivity contribution is 5.95. The third-order valence-corrected chi connectivity index (χ3v) is 2.50. The van der Waals surface area contributed by atoms with E-state index >= 15 is 0 Å². The number of carbonyl (C=O) groups is 1. The molecule has 0 fully saturated rings. The number of carbonyl (C=O) groups excluding carboxylic acids is 1. The predicted octanol–water partition coefficient (Wildman–Crippen LogP) is 2.36. The molecule has 1 aromatic carbocycles. The van der Waals surface area contributed by atoms with Gasteiger partial charge in [-0.05, 0) is 30.5 Å². The molecule has 0 aromatic heterocycles. The van der Waals surface area contributed by atoms with Gasteiger partial charge in [-0.1, -0.05) is 19.4 Å². The van der Waals surface area contributed by atoms with Crippen molar-refractivity contribution >= 4 is 11.6 Å². The topological polar surface area (TPSA) is 38.3 Å². The number of ether oxygens (including phenoxy) is 1. The number of aryl methyl sites for hydroxylation is 1. The molecule has 1 heterocycles. The van der Waals surface area contributed by atoms with Gasteiger partial charge >= 0.3 is 0 Å². The molecule has 80 valence electrons. The Morgan fingerprint density at radius 1 is 1.47 bits per heavy atom. The average Bonchev–Trinajstić information content (AvgIpc) is 2.25. The van der Waals surface area contributed by atoms with Crippen molar-refractivity contribution in [2.75, 3.05) is 11.9 Å². The van der Waals surface area contributed by atoms with Crippen LogP contribution in [0.4, 0.5) is 5.69 Å². The molecular formula is C12H15NO2. The van der Waals surface area contributed by atoms with E-state index in [1.807, 2.05) is 12.1 Å². The Morgan fingerprint density at radius 2 is 2.33 bits per heavy atom. The largest absolute Gasteiger partial charge is 0.482 e. The van der Waals surface area contributed by atoms with Crippen LogP contribution in [-0.2, 0) is 11.2 Å². The zero-order valence-corrected chi connectivity index (χ0v) is 8.88. The highest BCUT2D eigenvalue weighted by Crippen LogP contribution is 2.28. The van der Waals surface area contributed by atoms with E-state index in [1.165, 1.54) is 18.4 Å². The number of rotatable bonds is 3. The van der Waals surface area contributed by atoms with Gasteiger partial charge in [-0.3, -0.25) is 4.79 Å². The molecule has 2 rings (SSSR count). The minimum atomic E-state index is -0.0739. The quantitative estimate of drug-likeness (QED) is 0.822. The highest BCUT2D eigenvalue weighted by Gasteiger charge is 2.15. The first-order chi connectivity index (χ1) is 7.29. The second-order valence-corrected chi connectivity index (χ2v) is 3.77. The molecule has 3 nitrogen and oxygen atoms in total. The summed E-state index contributed by atoms with van der Waals surface area (Å²) in [6.07, 6.45) is 3.41. The second kappa shape index (κ2) is 4.34. The minimum Gasteiger partial charge on any atom is -0.482 e. The third-order valence-electron chi connectivity index (χ3n) is 2.50. The molecule has 1 N–H and O–H groups in total. The summed E-state index contributed by atoms with van der Waals surface area (Å²) in [6.45, 7) is 2.30. The molecule has 0 saturated carbocycles. The number of hydrogen-bond donors (Lipinski definition) is 1. The molecule has 0 atom stereocenters. The van der Waals surface area contributed by atoms with Crippen LogP contribution in [0.15, 0.2) is 18.2 Å². The lowest BCUT2D eigenvalue weighted by atomic mass is 10.1. The average molecular weight is 205 g/mol. The van der Waals surface area contributed by atoms with Gasteiger partial charge in [0.25, 0.3) is 5.91 Å². The van der Waals surface area contributed by atoms with E-state index in [1.54, 1.807) is 0 Å². The van der Waals surface area contributed by atoms with Crippen molar-refractivity contribution < 1.29 is 9.53 Å². The van der Waals surface area contributed by atoms with Crippen LogP contribution in [0.5, 0.6) is 5.75 Å². The maximum Gasteiger partial charge on any atom is 0.262 e. The van der Waals surface area contributed by atoms with Gasteiger partial charge in [0.2, 0.25) is 0 Å². The van der Waals surface area contributed by atoms with Crippen LogP contribution in [-0.4, -0.2) is 12.5 Å². The number of anilines is 1. The van der Waals surface area contributed by atoms with Crippen molar-refractivity contribution in [2.24, 2.45) is 0 Å². The lowest BCUT2D eigenvalue weighted by Crippen LogP contribution is -2.25. The van der Waals surface area contributed by atoms with E-state index in [0.29, 0.717) is 0 Å². The summed E-state index contributed by atoms with van der Waals surface area (Å²) in [5.41, 5.74) is 2.06.